The Morgan fingerprint density at radius 2 is 1.92 bits per heavy atom. The fourth-order valence-corrected chi connectivity index (χ4v) is 4.00. The maximum atomic E-state index is 12.5. The fraction of sp³-hybridized carbons (Fsp3) is 0.650. The molecule has 0 saturated carbocycles. The minimum Gasteiger partial charge on any atom is -0.497 e. The number of aliphatic hydroxyl groups excluding tert-OH is 1. The van der Waals surface area contributed by atoms with Crippen molar-refractivity contribution in [3.05, 3.63) is 29.8 Å². The molecule has 2 heterocycles. The largest absolute Gasteiger partial charge is 0.497 e. The molecule has 0 bridgehead atoms. The van der Waals surface area contributed by atoms with Crippen LogP contribution in [0.15, 0.2) is 24.3 Å². The molecule has 2 fully saturated rings. The molecule has 1 aromatic rings. The van der Waals surface area contributed by atoms with Gasteiger partial charge < -0.3 is 24.6 Å². The van der Waals surface area contributed by atoms with Gasteiger partial charge in [-0.2, -0.15) is 0 Å². The number of methoxy groups -OCH3 is 1. The van der Waals surface area contributed by atoms with Crippen molar-refractivity contribution < 1.29 is 24.5 Å². The molecule has 2 saturated heterocycles. The van der Waals surface area contributed by atoms with E-state index in [1.807, 2.05) is 29.2 Å². The number of aliphatic hydroxyl groups is 2. The monoisotopic (exact) mass is 363 g/mol. The molecule has 1 aromatic carbocycles. The molecule has 0 aromatic heterocycles. The lowest BCUT2D eigenvalue weighted by Crippen LogP contribution is -2.64. The molecule has 2 aliphatic rings. The van der Waals surface area contributed by atoms with Gasteiger partial charge in [0.15, 0.2) is 0 Å². The molecule has 2 atom stereocenters. The lowest BCUT2D eigenvalue weighted by atomic mass is 9.75. The first-order chi connectivity index (χ1) is 12.4. The number of benzene rings is 1. The van der Waals surface area contributed by atoms with Gasteiger partial charge in [-0.3, -0.25) is 4.79 Å². The summed E-state index contributed by atoms with van der Waals surface area (Å²) in [6, 6.07) is 7.76. The molecule has 0 radical (unpaired) electrons. The SMILES string of the molecule is COc1ccc(CCC(=O)N2CCC3(CC2)OCC[C@@](C)(O)[C@@H]3O)cc1. The number of amides is 1. The number of hydrogen-bond acceptors (Lipinski definition) is 5. The summed E-state index contributed by atoms with van der Waals surface area (Å²) < 4.78 is 11.0. The Labute approximate surface area is 154 Å². The molecule has 1 amide bonds. The summed E-state index contributed by atoms with van der Waals surface area (Å²) in [5.74, 6) is 0.927. The van der Waals surface area contributed by atoms with Crippen LogP contribution < -0.4 is 4.74 Å². The lowest BCUT2D eigenvalue weighted by Gasteiger charge is -2.51. The fourth-order valence-electron chi connectivity index (χ4n) is 4.00. The normalized spacial score (nSPS) is 28.2. The number of nitrogens with zero attached hydrogens (tertiary/aromatic N) is 1. The summed E-state index contributed by atoms with van der Waals surface area (Å²) in [4.78, 5) is 14.4. The van der Waals surface area contributed by atoms with Gasteiger partial charge in [0.1, 0.15) is 17.5 Å². The number of rotatable bonds is 4. The van der Waals surface area contributed by atoms with Crippen LogP contribution in [0.3, 0.4) is 0 Å². The highest BCUT2D eigenvalue weighted by Crippen LogP contribution is 2.39. The Kier molecular flexibility index (Phi) is 5.55. The van der Waals surface area contributed by atoms with Crippen LogP contribution in [0.2, 0.25) is 0 Å². The van der Waals surface area contributed by atoms with Gasteiger partial charge in [0.05, 0.1) is 19.3 Å². The van der Waals surface area contributed by atoms with Gasteiger partial charge in [0.25, 0.3) is 0 Å². The number of likely N-dealkylation sites (tertiary alicyclic amines) is 1. The van der Waals surface area contributed by atoms with Crippen molar-refractivity contribution in [1.29, 1.82) is 0 Å². The third kappa shape index (κ3) is 3.87. The first-order valence-electron chi connectivity index (χ1n) is 9.31. The molecule has 144 valence electrons. The highest BCUT2D eigenvalue weighted by atomic mass is 16.5. The second kappa shape index (κ2) is 7.55. The number of piperidine rings is 1. The molecule has 0 unspecified atom stereocenters. The zero-order valence-electron chi connectivity index (χ0n) is 15.6. The van der Waals surface area contributed by atoms with E-state index in [0.29, 0.717) is 51.8 Å². The Morgan fingerprint density at radius 3 is 2.54 bits per heavy atom. The van der Waals surface area contributed by atoms with E-state index in [1.54, 1.807) is 14.0 Å². The predicted octanol–water partition coefficient (Wildman–Crippen LogP) is 1.52. The van der Waals surface area contributed by atoms with E-state index in [4.69, 9.17) is 9.47 Å². The molecular formula is C20H29NO5. The zero-order chi connectivity index (χ0) is 18.8. The molecule has 1 spiro atoms. The third-order valence-corrected chi connectivity index (χ3v) is 5.83. The van der Waals surface area contributed by atoms with Crippen LogP contribution in [-0.2, 0) is 16.0 Å². The minimum atomic E-state index is -1.13. The highest BCUT2D eigenvalue weighted by molar-refractivity contribution is 5.76. The van der Waals surface area contributed by atoms with Crippen LogP contribution in [0.4, 0.5) is 0 Å². The summed E-state index contributed by atoms with van der Waals surface area (Å²) in [6.45, 7) is 3.20. The second-order valence-electron chi connectivity index (χ2n) is 7.65. The smallest absolute Gasteiger partial charge is 0.222 e. The topological polar surface area (TPSA) is 79.2 Å². The van der Waals surface area contributed by atoms with Gasteiger partial charge in [-0.05, 0) is 43.9 Å². The van der Waals surface area contributed by atoms with E-state index >= 15 is 0 Å². The molecule has 2 aliphatic heterocycles. The van der Waals surface area contributed by atoms with Crippen molar-refractivity contribution in [2.24, 2.45) is 0 Å². The molecule has 0 aliphatic carbocycles. The summed E-state index contributed by atoms with van der Waals surface area (Å²) in [5, 5.41) is 20.9. The average Bonchev–Trinajstić information content (AvgIpc) is 2.65. The number of ether oxygens (including phenoxy) is 2. The molecule has 3 rings (SSSR count). The number of aryl methyl sites for hydroxylation is 1. The zero-order valence-corrected chi connectivity index (χ0v) is 15.6. The molecule has 6 heteroatoms. The Bertz CT molecular complexity index is 620. The van der Waals surface area contributed by atoms with Crippen molar-refractivity contribution in [3.63, 3.8) is 0 Å². The van der Waals surface area contributed by atoms with Crippen molar-refractivity contribution in [3.8, 4) is 5.75 Å². The van der Waals surface area contributed by atoms with Crippen LogP contribution in [0, 0.1) is 0 Å². The van der Waals surface area contributed by atoms with Gasteiger partial charge in [-0.25, -0.2) is 0 Å². The van der Waals surface area contributed by atoms with Crippen LogP contribution in [0.25, 0.3) is 0 Å². The second-order valence-corrected chi connectivity index (χ2v) is 7.65. The van der Waals surface area contributed by atoms with Crippen molar-refractivity contribution in [2.75, 3.05) is 26.8 Å². The highest BCUT2D eigenvalue weighted by Gasteiger charge is 2.52. The Morgan fingerprint density at radius 1 is 1.27 bits per heavy atom. The van der Waals surface area contributed by atoms with Crippen molar-refractivity contribution >= 4 is 5.91 Å². The Hall–Kier alpha value is -1.63. The van der Waals surface area contributed by atoms with E-state index < -0.39 is 17.3 Å². The number of carbonyl (C=O) groups excluding carboxylic acids is 1. The van der Waals surface area contributed by atoms with Crippen LogP contribution in [-0.4, -0.2) is 65.1 Å². The van der Waals surface area contributed by atoms with E-state index in [1.165, 1.54) is 0 Å². The first-order valence-corrected chi connectivity index (χ1v) is 9.31. The van der Waals surface area contributed by atoms with Gasteiger partial charge >= 0.3 is 0 Å². The quantitative estimate of drug-likeness (QED) is 0.848. The van der Waals surface area contributed by atoms with Crippen LogP contribution >= 0.6 is 0 Å². The minimum absolute atomic E-state index is 0.118. The van der Waals surface area contributed by atoms with Gasteiger partial charge in [-0.15, -0.1) is 0 Å². The van der Waals surface area contributed by atoms with Gasteiger partial charge in [-0.1, -0.05) is 12.1 Å². The standard InChI is InChI=1S/C20H29NO5/c1-19(24)11-14-26-20(18(19)23)9-12-21(13-10-20)17(22)8-5-15-3-6-16(25-2)7-4-15/h3-4,6-7,18,23-24H,5,8-14H2,1-2H3/t18-,19+/m0/s1. The number of hydrogen-bond donors (Lipinski definition) is 2. The molecular weight excluding hydrogens is 334 g/mol. The lowest BCUT2D eigenvalue weighted by molar-refractivity contribution is -0.245. The summed E-state index contributed by atoms with van der Waals surface area (Å²) in [6.07, 6.45) is 1.77. The maximum Gasteiger partial charge on any atom is 0.222 e. The van der Waals surface area contributed by atoms with E-state index in [0.717, 1.165) is 11.3 Å². The third-order valence-electron chi connectivity index (χ3n) is 5.83. The Balaban J connectivity index is 1.51. The van der Waals surface area contributed by atoms with E-state index in [2.05, 4.69) is 0 Å². The van der Waals surface area contributed by atoms with Gasteiger partial charge in [0, 0.05) is 25.9 Å². The van der Waals surface area contributed by atoms with Crippen molar-refractivity contribution in [2.45, 2.75) is 56.3 Å². The van der Waals surface area contributed by atoms with E-state index in [9.17, 15) is 15.0 Å². The van der Waals surface area contributed by atoms with Crippen LogP contribution in [0.1, 0.15) is 38.2 Å². The van der Waals surface area contributed by atoms with Crippen molar-refractivity contribution in [1.82, 2.24) is 4.90 Å². The molecule has 6 nitrogen and oxygen atoms in total. The maximum absolute atomic E-state index is 12.5. The summed E-state index contributed by atoms with van der Waals surface area (Å²) in [7, 11) is 1.63. The van der Waals surface area contributed by atoms with Crippen LogP contribution in [0.5, 0.6) is 5.75 Å². The van der Waals surface area contributed by atoms with E-state index in [-0.39, 0.29) is 5.91 Å². The summed E-state index contributed by atoms with van der Waals surface area (Å²) >= 11 is 0. The average molecular weight is 363 g/mol. The number of carbonyl (C=O) groups is 1. The summed E-state index contributed by atoms with van der Waals surface area (Å²) in [5.41, 5.74) is -0.748. The predicted molar refractivity (Wildman–Crippen MR) is 97.1 cm³/mol. The molecule has 26 heavy (non-hydrogen) atoms. The van der Waals surface area contributed by atoms with Gasteiger partial charge in [0.2, 0.25) is 5.91 Å². The molecule has 2 N–H and O–H groups in total. The first kappa shape index (κ1) is 19.1.